The molecular weight excluding hydrogens is 226 g/mol. The van der Waals surface area contributed by atoms with Gasteiger partial charge in [-0.05, 0) is 44.8 Å². The van der Waals surface area contributed by atoms with Crippen molar-refractivity contribution in [2.75, 3.05) is 39.2 Å². The van der Waals surface area contributed by atoms with Crippen LogP contribution < -0.4 is 11.3 Å². The van der Waals surface area contributed by atoms with E-state index in [2.05, 4.69) is 41.2 Å². The van der Waals surface area contributed by atoms with E-state index < -0.39 is 0 Å². The molecule has 18 heavy (non-hydrogen) atoms. The third kappa shape index (κ3) is 5.44. The summed E-state index contributed by atoms with van der Waals surface area (Å²) in [7, 11) is 4.21. The van der Waals surface area contributed by atoms with Gasteiger partial charge in [-0.15, -0.1) is 0 Å². The molecule has 0 saturated heterocycles. The van der Waals surface area contributed by atoms with E-state index in [1.54, 1.807) is 6.20 Å². The smallest absolute Gasteiger partial charge is 0.140 e. The lowest BCUT2D eigenvalue weighted by Gasteiger charge is -2.23. The summed E-state index contributed by atoms with van der Waals surface area (Å²) in [4.78, 5) is 8.79. The molecule has 0 radical (unpaired) electrons. The molecule has 102 valence electrons. The molecule has 0 unspecified atom stereocenters. The predicted molar refractivity (Wildman–Crippen MR) is 76.2 cm³/mol. The van der Waals surface area contributed by atoms with Crippen molar-refractivity contribution < 1.29 is 0 Å². The first-order valence-corrected chi connectivity index (χ1v) is 6.44. The number of hydrazine groups is 1. The van der Waals surface area contributed by atoms with Gasteiger partial charge in [0.2, 0.25) is 0 Å². The Bertz CT molecular complexity index is 340. The monoisotopic (exact) mass is 251 g/mol. The Labute approximate surface area is 110 Å². The lowest BCUT2D eigenvalue weighted by molar-refractivity contribution is 0.234. The first-order valence-electron chi connectivity index (χ1n) is 6.44. The molecule has 0 atom stereocenters. The topological polar surface area (TPSA) is 57.4 Å². The Morgan fingerprint density at radius 1 is 1.28 bits per heavy atom. The Kier molecular flexibility index (Phi) is 6.64. The van der Waals surface area contributed by atoms with Gasteiger partial charge in [-0.25, -0.2) is 10.8 Å². The molecule has 5 nitrogen and oxygen atoms in total. The van der Waals surface area contributed by atoms with E-state index in [0.717, 1.165) is 32.0 Å². The first kappa shape index (κ1) is 14.9. The number of likely N-dealkylation sites (N-methyl/N-ethyl adjacent to an activating group) is 1. The summed E-state index contributed by atoms with van der Waals surface area (Å²) in [6.07, 6.45) is 2.96. The minimum atomic E-state index is 0.719. The highest BCUT2D eigenvalue weighted by atomic mass is 15.2. The second kappa shape index (κ2) is 8.02. The van der Waals surface area contributed by atoms with Crippen molar-refractivity contribution in [1.82, 2.24) is 14.8 Å². The highest BCUT2D eigenvalue weighted by Crippen LogP contribution is 2.09. The third-order valence-electron chi connectivity index (χ3n) is 2.78. The second-order valence-corrected chi connectivity index (χ2v) is 4.77. The molecule has 0 amide bonds. The second-order valence-electron chi connectivity index (χ2n) is 4.77. The number of hydrogen-bond acceptors (Lipinski definition) is 5. The van der Waals surface area contributed by atoms with Crippen LogP contribution in [0.1, 0.15) is 18.9 Å². The fraction of sp³-hybridized carbons (Fsp3) is 0.615. The lowest BCUT2D eigenvalue weighted by atomic mass is 10.2. The van der Waals surface area contributed by atoms with Gasteiger partial charge in [-0.1, -0.05) is 6.92 Å². The minimum Gasteiger partial charge on any atom is -0.308 e. The summed E-state index contributed by atoms with van der Waals surface area (Å²) in [6, 6.07) is 4.04. The molecule has 0 fully saturated rings. The van der Waals surface area contributed by atoms with Gasteiger partial charge in [-0.2, -0.15) is 0 Å². The Balaban J connectivity index is 2.57. The van der Waals surface area contributed by atoms with Crippen LogP contribution >= 0.6 is 0 Å². The molecule has 3 N–H and O–H groups in total. The van der Waals surface area contributed by atoms with E-state index in [-0.39, 0.29) is 0 Å². The van der Waals surface area contributed by atoms with Gasteiger partial charge in [-0.3, -0.25) is 4.90 Å². The van der Waals surface area contributed by atoms with Gasteiger partial charge in [0, 0.05) is 25.8 Å². The molecular formula is C13H25N5. The molecule has 1 aromatic rings. The number of nitrogen functional groups attached to an aromatic ring is 1. The fourth-order valence-electron chi connectivity index (χ4n) is 1.84. The summed E-state index contributed by atoms with van der Waals surface area (Å²) >= 11 is 0. The van der Waals surface area contributed by atoms with Gasteiger partial charge in [0.05, 0.1) is 0 Å². The molecule has 0 aliphatic heterocycles. The van der Waals surface area contributed by atoms with Crippen LogP contribution in [0.15, 0.2) is 18.3 Å². The number of nitrogens with one attached hydrogen (secondary N) is 1. The first-order chi connectivity index (χ1) is 8.65. The zero-order valence-corrected chi connectivity index (χ0v) is 11.7. The molecule has 1 rings (SSSR count). The maximum atomic E-state index is 5.37. The van der Waals surface area contributed by atoms with E-state index in [0.29, 0.717) is 0 Å². The van der Waals surface area contributed by atoms with E-state index in [4.69, 9.17) is 5.84 Å². The standard InChI is InChI=1S/C13H25N5/c1-4-7-18(9-8-17(2)3)11-12-5-6-15-13(10-12)16-14/h5-6,10H,4,7-9,11,14H2,1-3H3,(H,15,16). The van der Waals surface area contributed by atoms with Crippen LogP contribution in [-0.2, 0) is 6.54 Å². The number of aromatic nitrogens is 1. The zero-order valence-electron chi connectivity index (χ0n) is 11.7. The summed E-state index contributed by atoms with van der Waals surface area (Å²) in [5.74, 6) is 6.09. The molecule has 0 aliphatic carbocycles. The third-order valence-corrected chi connectivity index (χ3v) is 2.78. The molecule has 5 heteroatoms. The number of rotatable bonds is 8. The minimum absolute atomic E-state index is 0.719. The summed E-state index contributed by atoms with van der Waals surface area (Å²) < 4.78 is 0. The molecule has 1 heterocycles. The van der Waals surface area contributed by atoms with Crippen molar-refractivity contribution >= 4 is 5.82 Å². The number of anilines is 1. The molecule has 0 aromatic carbocycles. The van der Waals surface area contributed by atoms with Crippen LogP contribution in [0, 0.1) is 0 Å². The Morgan fingerprint density at radius 3 is 2.67 bits per heavy atom. The molecule has 0 spiro atoms. The number of nitrogens with two attached hydrogens (primary N) is 1. The van der Waals surface area contributed by atoms with Crippen LogP contribution in [0.4, 0.5) is 5.82 Å². The highest BCUT2D eigenvalue weighted by Gasteiger charge is 2.06. The highest BCUT2D eigenvalue weighted by molar-refractivity contribution is 5.35. The van der Waals surface area contributed by atoms with Crippen LogP contribution in [-0.4, -0.2) is 48.5 Å². The average Bonchev–Trinajstić information content (AvgIpc) is 2.36. The number of pyridine rings is 1. The molecule has 1 aromatic heterocycles. The molecule has 0 saturated carbocycles. The maximum absolute atomic E-state index is 5.37. The predicted octanol–water partition coefficient (Wildman–Crippen LogP) is 1.14. The van der Waals surface area contributed by atoms with Crippen molar-refractivity contribution in [1.29, 1.82) is 0 Å². The molecule has 0 bridgehead atoms. The quantitative estimate of drug-likeness (QED) is 0.536. The Hall–Kier alpha value is -1.17. The SMILES string of the molecule is CCCN(CCN(C)C)Cc1ccnc(NN)c1. The maximum Gasteiger partial charge on any atom is 0.140 e. The van der Waals surface area contributed by atoms with E-state index in [1.165, 1.54) is 12.0 Å². The lowest BCUT2D eigenvalue weighted by Crippen LogP contribution is -2.32. The van der Waals surface area contributed by atoms with Crippen molar-refractivity contribution in [2.45, 2.75) is 19.9 Å². The molecule has 0 aliphatic rings. The van der Waals surface area contributed by atoms with Gasteiger partial charge in [0.1, 0.15) is 5.82 Å². The van der Waals surface area contributed by atoms with Crippen molar-refractivity contribution in [3.63, 3.8) is 0 Å². The van der Waals surface area contributed by atoms with Crippen molar-refractivity contribution in [3.05, 3.63) is 23.9 Å². The van der Waals surface area contributed by atoms with Crippen molar-refractivity contribution in [2.24, 2.45) is 5.84 Å². The Morgan fingerprint density at radius 2 is 2.06 bits per heavy atom. The van der Waals surface area contributed by atoms with Crippen LogP contribution in [0.3, 0.4) is 0 Å². The summed E-state index contributed by atoms with van der Waals surface area (Å²) in [5.41, 5.74) is 3.83. The van der Waals surface area contributed by atoms with E-state index in [9.17, 15) is 0 Å². The van der Waals surface area contributed by atoms with Gasteiger partial charge >= 0.3 is 0 Å². The summed E-state index contributed by atoms with van der Waals surface area (Å²) in [5, 5.41) is 0. The van der Waals surface area contributed by atoms with Crippen molar-refractivity contribution in [3.8, 4) is 0 Å². The normalized spacial score (nSPS) is 11.2. The number of hydrogen-bond donors (Lipinski definition) is 2. The van der Waals surface area contributed by atoms with Crippen LogP contribution in [0.2, 0.25) is 0 Å². The number of nitrogens with zero attached hydrogens (tertiary/aromatic N) is 3. The fourth-order valence-corrected chi connectivity index (χ4v) is 1.84. The zero-order chi connectivity index (χ0) is 13.4. The van der Waals surface area contributed by atoms with Crippen LogP contribution in [0.25, 0.3) is 0 Å². The van der Waals surface area contributed by atoms with Gasteiger partial charge in [0.15, 0.2) is 0 Å². The van der Waals surface area contributed by atoms with Gasteiger partial charge in [0.25, 0.3) is 0 Å². The van der Waals surface area contributed by atoms with Crippen LogP contribution in [0.5, 0.6) is 0 Å². The van der Waals surface area contributed by atoms with E-state index in [1.807, 2.05) is 12.1 Å². The van der Waals surface area contributed by atoms with E-state index >= 15 is 0 Å². The largest absolute Gasteiger partial charge is 0.308 e. The average molecular weight is 251 g/mol. The van der Waals surface area contributed by atoms with Gasteiger partial charge < -0.3 is 10.3 Å². The summed E-state index contributed by atoms with van der Waals surface area (Å²) in [6.45, 7) is 6.42.